The molecule has 0 spiro atoms. The smallest absolute Gasteiger partial charge is 0.148 e. The third kappa shape index (κ3) is 4.44. The summed E-state index contributed by atoms with van der Waals surface area (Å²) >= 11 is 0. The molecule has 4 aliphatic rings. The van der Waals surface area contributed by atoms with Gasteiger partial charge in [0.15, 0.2) is 0 Å². The van der Waals surface area contributed by atoms with Crippen LogP contribution in [-0.2, 0) is 10.2 Å². The molecule has 0 saturated heterocycles. The van der Waals surface area contributed by atoms with E-state index < -0.39 is 5.41 Å². The lowest BCUT2D eigenvalue weighted by molar-refractivity contribution is -0.149. The Morgan fingerprint density at radius 1 is 0.750 bits per heavy atom. The first-order valence-corrected chi connectivity index (χ1v) is 16.8. The van der Waals surface area contributed by atoms with Gasteiger partial charge in [0, 0.05) is 6.42 Å². The molecule has 0 N–H and O–H groups in total. The first kappa shape index (κ1) is 28.2. The molecule has 1 heteroatoms. The Morgan fingerprint density at radius 2 is 1.38 bits per heavy atom. The molecule has 1 nitrogen and oxygen atoms in total. The topological polar surface area (TPSA) is 17.1 Å². The average molecular weight is 539 g/mol. The van der Waals surface area contributed by atoms with E-state index in [1.54, 1.807) is 0 Å². The van der Waals surface area contributed by atoms with Crippen LogP contribution in [0.15, 0.2) is 60.7 Å². The molecule has 2 aromatic carbocycles. The van der Waals surface area contributed by atoms with Crippen LogP contribution in [0.1, 0.15) is 116 Å². The molecular weight excluding hydrogens is 484 g/mol. The largest absolute Gasteiger partial charge is 0.298 e. The van der Waals surface area contributed by atoms with E-state index in [0.29, 0.717) is 17.1 Å². The normalized spacial score (nSPS) is 37.5. The molecule has 0 unspecified atom stereocenters. The van der Waals surface area contributed by atoms with E-state index in [1.165, 1.54) is 68.9 Å². The number of rotatable bonds is 7. The number of benzene rings is 2. The molecule has 8 atom stereocenters. The predicted octanol–water partition coefficient (Wildman–Crippen LogP) is 10.3. The summed E-state index contributed by atoms with van der Waals surface area (Å²) < 4.78 is 0. The van der Waals surface area contributed by atoms with E-state index in [9.17, 15) is 4.79 Å². The van der Waals surface area contributed by atoms with Crippen molar-refractivity contribution in [2.24, 2.45) is 52.3 Å². The fourth-order valence-electron chi connectivity index (χ4n) is 11.4. The number of carbonyl (C=O) groups is 1. The second kappa shape index (κ2) is 10.7. The van der Waals surface area contributed by atoms with Crippen LogP contribution in [0.4, 0.5) is 0 Å². The van der Waals surface area contributed by atoms with Crippen molar-refractivity contribution in [3.05, 3.63) is 71.8 Å². The number of carbonyl (C=O) groups excluding carboxylic acids is 1. The summed E-state index contributed by atoms with van der Waals surface area (Å²) in [5.41, 5.74) is 2.64. The maximum atomic E-state index is 14.4. The molecule has 6 rings (SSSR count). The molecule has 0 aromatic heterocycles. The Labute approximate surface area is 244 Å². The van der Waals surface area contributed by atoms with Gasteiger partial charge in [0.05, 0.1) is 5.41 Å². The molecule has 4 fully saturated rings. The van der Waals surface area contributed by atoms with Crippen LogP contribution in [-0.4, -0.2) is 5.78 Å². The number of hydrogen-bond donors (Lipinski definition) is 0. The van der Waals surface area contributed by atoms with Crippen LogP contribution in [0, 0.1) is 52.3 Å². The summed E-state index contributed by atoms with van der Waals surface area (Å²) in [5, 5.41) is 0. The quantitative estimate of drug-likeness (QED) is 0.343. The monoisotopic (exact) mass is 538 g/mol. The van der Waals surface area contributed by atoms with Gasteiger partial charge in [-0.05, 0) is 108 Å². The first-order chi connectivity index (χ1) is 19.2. The van der Waals surface area contributed by atoms with Gasteiger partial charge in [-0.3, -0.25) is 4.79 Å². The average Bonchev–Trinajstić information content (AvgIpc) is 3.31. The van der Waals surface area contributed by atoms with E-state index in [0.717, 1.165) is 48.3 Å². The number of Topliss-reactive ketones (excluding diaryl/α,β-unsaturated/α-hetero) is 1. The molecule has 216 valence electrons. The van der Waals surface area contributed by atoms with Gasteiger partial charge in [-0.15, -0.1) is 0 Å². The molecule has 0 radical (unpaired) electrons. The molecule has 0 amide bonds. The van der Waals surface area contributed by atoms with Gasteiger partial charge in [0.1, 0.15) is 5.78 Å². The Kier molecular flexibility index (Phi) is 7.59. The maximum Gasteiger partial charge on any atom is 0.148 e. The highest BCUT2D eigenvalue weighted by Gasteiger charge is 2.64. The lowest BCUT2D eigenvalue weighted by Crippen LogP contribution is -2.59. The Balaban J connectivity index is 1.31. The van der Waals surface area contributed by atoms with Gasteiger partial charge in [-0.25, -0.2) is 0 Å². The zero-order chi connectivity index (χ0) is 28.1. The fourth-order valence-corrected chi connectivity index (χ4v) is 11.4. The standard InChI is InChI=1S/C39H54O/c1-27(2)13-12-14-28(3)33-21-22-34-32-20-19-31-25-36(40)39(29-15-8-6-9-16-29,30-17-10-7-11-18-30)26-38(31,5)35(32)23-24-37(33,34)4/h6-11,15-18,27-28,31-35H,12-14,19-26H2,1-5H3/t28-,31+,32+,33-,34+,35+,37-,38+/m1/s1. The zero-order valence-electron chi connectivity index (χ0n) is 26.0. The van der Waals surface area contributed by atoms with Crippen molar-refractivity contribution >= 4 is 5.78 Å². The van der Waals surface area contributed by atoms with Gasteiger partial charge in [0.25, 0.3) is 0 Å². The van der Waals surface area contributed by atoms with Crippen molar-refractivity contribution in [3.8, 4) is 0 Å². The lowest BCUT2D eigenvalue weighted by atomic mass is 9.41. The van der Waals surface area contributed by atoms with Gasteiger partial charge in [0.2, 0.25) is 0 Å². The molecule has 0 bridgehead atoms. The van der Waals surface area contributed by atoms with Gasteiger partial charge < -0.3 is 0 Å². The minimum atomic E-state index is -0.514. The van der Waals surface area contributed by atoms with Crippen molar-refractivity contribution in [3.63, 3.8) is 0 Å². The second-order valence-corrected chi connectivity index (χ2v) is 15.6. The summed E-state index contributed by atoms with van der Waals surface area (Å²) in [6.45, 7) is 12.7. The van der Waals surface area contributed by atoms with Crippen LogP contribution >= 0.6 is 0 Å². The molecule has 4 saturated carbocycles. The number of fused-ring (bicyclic) bond motifs is 5. The second-order valence-electron chi connectivity index (χ2n) is 15.6. The highest BCUT2D eigenvalue weighted by Crippen LogP contribution is 2.70. The van der Waals surface area contributed by atoms with Gasteiger partial charge in [-0.2, -0.15) is 0 Å². The van der Waals surface area contributed by atoms with E-state index in [1.807, 2.05) is 0 Å². The fraction of sp³-hybridized carbons (Fsp3) is 0.667. The van der Waals surface area contributed by atoms with Gasteiger partial charge in [-0.1, -0.05) is 115 Å². The van der Waals surface area contributed by atoms with Crippen LogP contribution in [0.3, 0.4) is 0 Å². The first-order valence-electron chi connectivity index (χ1n) is 16.8. The Bertz CT molecular complexity index is 1130. The molecule has 40 heavy (non-hydrogen) atoms. The molecular formula is C39H54O. The van der Waals surface area contributed by atoms with Crippen LogP contribution in [0.25, 0.3) is 0 Å². The number of ketones is 1. The zero-order valence-corrected chi connectivity index (χ0v) is 26.0. The van der Waals surface area contributed by atoms with E-state index in [2.05, 4.69) is 95.3 Å². The molecule has 0 heterocycles. The Hall–Kier alpha value is -1.89. The summed E-state index contributed by atoms with van der Waals surface area (Å²) in [4.78, 5) is 14.4. The third-order valence-electron chi connectivity index (χ3n) is 13.4. The molecule has 0 aliphatic heterocycles. The van der Waals surface area contributed by atoms with Crippen LogP contribution in [0.5, 0.6) is 0 Å². The van der Waals surface area contributed by atoms with E-state index in [4.69, 9.17) is 0 Å². The summed E-state index contributed by atoms with van der Waals surface area (Å²) in [7, 11) is 0. The van der Waals surface area contributed by atoms with Crippen molar-refractivity contribution < 1.29 is 4.79 Å². The van der Waals surface area contributed by atoms with Gasteiger partial charge >= 0.3 is 0 Å². The van der Waals surface area contributed by atoms with Crippen LogP contribution in [0.2, 0.25) is 0 Å². The predicted molar refractivity (Wildman–Crippen MR) is 167 cm³/mol. The van der Waals surface area contributed by atoms with Crippen molar-refractivity contribution in [2.45, 2.75) is 111 Å². The Morgan fingerprint density at radius 3 is 2.00 bits per heavy atom. The van der Waals surface area contributed by atoms with E-state index >= 15 is 0 Å². The molecule has 2 aromatic rings. The van der Waals surface area contributed by atoms with Crippen LogP contribution < -0.4 is 0 Å². The highest BCUT2D eigenvalue weighted by atomic mass is 16.1. The summed E-state index contributed by atoms with van der Waals surface area (Å²) in [6.07, 6.45) is 14.2. The summed E-state index contributed by atoms with van der Waals surface area (Å²) in [6, 6.07) is 21.7. The highest BCUT2D eigenvalue weighted by molar-refractivity contribution is 5.95. The lowest BCUT2D eigenvalue weighted by Gasteiger charge is -2.63. The third-order valence-corrected chi connectivity index (χ3v) is 13.4. The summed E-state index contributed by atoms with van der Waals surface area (Å²) in [5.74, 6) is 6.05. The maximum absolute atomic E-state index is 14.4. The van der Waals surface area contributed by atoms with E-state index in [-0.39, 0.29) is 5.41 Å². The van der Waals surface area contributed by atoms with Crippen molar-refractivity contribution in [1.29, 1.82) is 0 Å². The SMILES string of the molecule is CC(C)CCC[C@@H](C)[C@H]1CC[C@H]2[C@@H]3CC[C@H]4CC(=O)C(c5ccccc5)(c5ccccc5)C[C@]4(C)[C@H]3CC[C@]12C. The minimum absolute atomic E-state index is 0.213. The minimum Gasteiger partial charge on any atom is -0.298 e. The number of hydrogen-bond acceptors (Lipinski definition) is 1. The van der Waals surface area contributed by atoms with Crippen molar-refractivity contribution in [1.82, 2.24) is 0 Å². The molecule has 4 aliphatic carbocycles. The van der Waals surface area contributed by atoms with Crippen molar-refractivity contribution in [2.75, 3.05) is 0 Å².